The lowest BCUT2D eigenvalue weighted by molar-refractivity contribution is -0.144. The third-order valence-electron chi connectivity index (χ3n) is 13.6. The summed E-state index contributed by atoms with van der Waals surface area (Å²) in [5.41, 5.74) is 7.84. The number of nitrogens with zero attached hydrogens (tertiary/aromatic N) is 4. The topological polar surface area (TPSA) is 279 Å². The number of likely N-dealkylation sites (tertiary alicyclic amines) is 2. The van der Waals surface area contributed by atoms with Gasteiger partial charge in [0.25, 0.3) is 0 Å². The summed E-state index contributed by atoms with van der Waals surface area (Å²) >= 11 is 3.12. The number of aryl methyl sites for hydroxylation is 2. The number of aliphatic hydroxyl groups excluding tert-OH is 2. The first-order chi connectivity index (χ1) is 38.6. The number of amides is 6. The van der Waals surface area contributed by atoms with Gasteiger partial charge in [0.15, 0.2) is 0 Å². The second-order valence-corrected chi connectivity index (χ2v) is 23.8. The number of β-amino-alcohol motifs (C(OH)–C–C–N with tert-alkyl or cyclic N) is 2. The van der Waals surface area contributed by atoms with Crippen molar-refractivity contribution in [2.45, 2.75) is 118 Å². The maximum atomic E-state index is 13.9. The van der Waals surface area contributed by atoms with E-state index in [2.05, 4.69) is 31.2 Å². The van der Waals surface area contributed by atoms with Crippen LogP contribution in [0.5, 0.6) is 0 Å². The highest BCUT2D eigenvalue weighted by atomic mass is 32.1. The number of hydrogen-bond donors (Lipinski definition) is 6. The fourth-order valence-electron chi connectivity index (χ4n) is 9.16. The van der Waals surface area contributed by atoms with Crippen LogP contribution in [0, 0.1) is 24.7 Å². The van der Waals surface area contributed by atoms with Gasteiger partial charge in [-0.3, -0.25) is 24.0 Å². The van der Waals surface area contributed by atoms with E-state index in [1.165, 1.54) is 9.80 Å². The lowest BCUT2D eigenvalue weighted by Crippen LogP contribution is -2.58. The molecule has 0 aliphatic carbocycles. The zero-order valence-corrected chi connectivity index (χ0v) is 49.3. The Kier molecular flexibility index (Phi) is 24.5. The van der Waals surface area contributed by atoms with Crippen molar-refractivity contribution < 1.29 is 67.4 Å². The van der Waals surface area contributed by atoms with Crippen LogP contribution in [0.15, 0.2) is 59.6 Å². The van der Waals surface area contributed by atoms with Crippen LogP contribution in [0.4, 0.5) is 4.79 Å². The van der Waals surface area contributed by atoms with E-state index in [-0.39, 0.29) is 91.9 Å². The van der Waals surface area contributed by atoms with Gasteiger partial charge >= 0.3 is 6.09 Å². The van der Waals surface area contributed by atoms with Crippen molar-refractivity contribution in [3.8, 4) is 20.9 Å². The first kappa shape index (κ1) is 64.2. The minimum absolute atomic E-state index is 0.0372. The molecule has 2 fully saturated rings. The third kappa shape index (κ3) is 19.6. The minimum atomic E-state index is -1.05. The summed E-state index contributed by atoms with van der Waals surface area (Å²) in [7, 11) is 0. The molecule has 4 heterocycles. The van der Waals surface area contributed by atoms with E-state index in [1.807, 2.05) is 83.1 Å². The summed E-state index contributed by atoms with van der Waals surface area (Å²) in [6, 6.07) is 11.7. The average molecular weight is 1170 g/mol. The van der Waals surface area contributed by atoms with E-state index in [0.29, 0.717) is 19.8 Å². The highest BCUT2D eigenvalue weighted by Gasteiger charge is 2.46. The SMILES string of the molecule is Cc1ncsc1-c1ccc(CNC(=O)[C@@H]2C[C@@H](O)CN2C(=O)[C@@H](NC(=O)COCCOCCOCCOCCOCCOC(=O)N[C@H](C(=O)N2C[C@H](O)C[C@H]2C(=O)NCc2ccc(-c3scnc3C)cc2)C(C)(C)C)C(C)(C)C)cc1. The molecule has 0 radical (unpaired) electrons. The molecule has 6 rings (SSSR count). The molecule has 6 atom stereocenters. The minimum Gasteiger partial charge on any atom is -0.447 e. The molecule has 2 aromatic carbocycles. The Balaban J connectivity index is 0.773. The summed E-state index contributed by atoms with van der Waals surface area (Å²) in [4.78, 5) is 94.0. The Labute approximate surface area is 482 Å². The molecule has 0 saturated carbocycles. The van der Waals surface area contributed by atoms with Gasteiger partial charge in [0, 0.05) is 39.0 Å². The van der Waals surface area contributed by atoms with Gasteiger partial charge in [-0.15, -0.1) is 22.7 Å². The molecule has 2 aromatic heterocycles. The lowest BCUT2D eigenvalue weighted by atomic mass is 9.85. The highest BCUT2D eigenvalue weighted by molar-refractivity contribution is 7.13. The molecule has 22 nitrogen and oxygen atoms in total. The molecule has 2 aliphatic rings. The zero-order valence-electron chi connectivity index (χ0n) is 47.7. The Morgan fingerprint density at radius 3 is 1.31 bits per heavy atom. The number of carbonyl (C=O) groups is 6. The quantitative estimate of drug-likeness (QED) is 0.0417. The molecule has 6 N–H and O–H groups in total. The molecule has 444 valence electrons. The number of thiazole rings is 2. The molecule has 2 saturated heterocycles. The molecule has 0 unspecified atom stereocenters. The molecule has 2 aliphatic heterocycles. The van der Waals surface area contributed by atoms with Crippen LogP contribution in [0.3, 0.4) is 0 Å². The Morgan fingerprint density at radius 2 is 0.938 bits per heavy atom. The fourth-order valence-corrected chi connectivity index (χ4v) is 10.8. The Hall–Kier alpha value is -5.96. The Morgan fingerprint density at radius 1 is 0.568 bits per heavy atom. The van der Waals surface area contributed by atoms with Crippen LogP contribution in [-0.4, -0.2) is 188 Å². The van der Waals surface area contributed by atoms with Gasteiger partial charge in [-0.1, -0.05) is 90.1 Å². The van der Waals surface area contributed by atoms with Crippen LogP contribution < -0.4 is 21.3 Å². The van der Waals surface area contributed by atoms with Gasteiger partial charge in [0.2, 0.25) is 29.5 Å². The third-order valence-corrected chi connectivity index (χ3v) is 15.5. The molecule has 81 heavy (non-hydrogen) atoms. The molecule has 24 heteroatoms. The van der Waals surface area contributed by atoms with E-state index < -0.39 is 82.8 Å². The number of benzene rings is 2. The number of alkyl carbamates (subject to hydrolysis) is 1. The fraction of sp³-hybridized carbons (Fsp3) is 0.579. The van der Waals surface area contributed by atoms with Crippen molar-refractivity contribution in [1.29, 1.82) is 0 Å². The number of nitrogens with one attached hydrogen (secondary N) is 4. The monoisotopic (exact) mass is 1160 g/mol. The van der Waals surface area contributed by atoms with Crippen molar-refractivity contribution in [2.24, 2.45) is 10.8 Å². The molecular weight excluding hydrogens is 1080 g/mol. The molecular formula is C57H80N8O14S2. The smallest absolute Gasteiger partial charge is 0.407 e. The molecule has 0 spiro atoms. The van der Waals surface area contributed by atoms with Gasteiger partial charge in [-0.2, -0.15) is 0 Å². The van der Waals surface area contributed by atoms with Crippen molar-refractivity contribution in [3.05, 3.63) is 82.1 Å². The van der Waals surface area contributed by atoms with Gasteiger partial charge < -0.3 is 69.7 Å². The second kappa shape index (κ2) is 30.9. The van der Waals surface area contributed by atoms with Crippen LogP contribution in [0.25, 0.3) is 20.9 Å². The maximum absolute atomic E-state index is 13.9. The Bertz CT molecular complexity index is 2490. The number of aliphatic hydroxyl groups is 2. The van der Waals surface area contributed by atoms with Crippen molar-refractivity contribution in [3.63, 3.8) is 0 Å². The summed E-state index contributed by atoms with van der Waals surface area (Å²) in [6.45, 7) is 16.7. The average Bonchev–Trinajstić information content (AvgIpc) is 4.26. The second-order valence-electron chi connectivity index (χ2n) is 22.1. The van der Waals surface area contributed by atoms with Gasteiger partial charge in [0.1, 0.15) is 37.4 Å². The lowest BCUT2D eigenvalue weighted by Gasteiger charge is -2.35. The van der Waals surface area contributed by atoms with E-state index in [0.717, 1.165) is 43.4 Å². The first-order valence-corrected chi connectivity index (χ1v) is 29.0. The maximum Gasteiger partial charge on any atom is 0.407 e. The van der Waals surface area contributed by atoms with E-state index in [4.69, 9.17) is 28.4 Å². The number of carbonyl (C=O) groups excluding carboxylic acids is 6. The predicted molar refractivity (Wildman–Crippen MR) is 304 cm³/mol. The standard InChI is InChI=1S/C57H80N8O14S2/c1-36-47(80-34-60-36)40-13-9-38(10-14-40)29-58-51(69)44-27-42(66)31-64(44)53(71)49(56(3,4)5)62-46(68)33-78-24-23-76-20-19-74-17-18-75-21-22-77-25-26-79-55(73)63-50(57(6,7)8)54(72)65-32-43(67)28-45(65)52(70)59-30-39-11-15-41(16-12-39)48-37(2)61-35-81-48/h9-16,34-35,42-45,49-50,66-67H,17-33H2,1-8H3,(H,58,69)(H,59,70)(H,62,68)(H,63,73)/t42-,43-,44+,45+,49-,50-/m1/s1. The van der Waals surface area contributed by atoms with Crippen LogP contribution in [0.2, 0.25) is 0 Å². The predicted octanol–water partition coefficient (Wildman–Crippen LogP) is 4.16. The number of hydrogen-bond acceptors (Lipinski definition) is 18. The van der Waals surface area contributed by atoms with E-state index in [9.17, 15) is 39.0 Å². The molecule has 6 amide bonds. The highest BCUT2D eigenvalue weighted by Crippen LogP contribution is 2.31. The number of rotatable bonds is 29. The summed E-state index contributed by atoms with van der Waals surface area (Å²) in [6.07, 6.45) is -2.48. The number of ether oxygens (including phenoxy) is 6. The van der Waals surface area contributed by atoms with E-state index in [1.54, 1.807) is 54.5 Å². The zero-order chi connectivity index (χ0) is 58.7. The van der Waals surface area contributed by atoms with Crippen molar-refractivity contribution in [1.82, 2.24) is 41.0 Å². The number of aromatic nitrogens is 2. The van der Waals surface area contributed by atoms with Gasteiger partial charge in [-0.05, 0) is 46.9 Å². The van der Waals surface area contributed by atoms with Gasteiger partial charge in [-0.25, -0.2) is 14.8 Å². The van der Waals surface area contributed by atoms with Crippen LogP contribution in [0.1, 0.15) is 76.9 Å². The summed E-state index contributed by atoms with van der Waals surface area (Å²) in [5.74, 6) is -2.28. The van der Waals surface area contributed by atoms with Crippen LogP contribution in [-0.2, 0) is 65.5 Å². The van der Waals surface area contributed by atoms with Gasteiger partial charge in [0.05, 0.1) is 104 Å². The van der Waals surface area contributed by atoms with E-state index >= 15 is 0 Å². The first-order valence-electron chi connectivity index (χ1n) is 27.2. The largest absolute Gasteiger partial charge is 0.447 e. The van der Waals surface area contributed by atoms with Crippen molar-refractivity contribution in [2.75, 3.05) is 85.8 Å². The summed E-state index contributed by atoms with van der Waals surface area (Å²) < 4.78 is 33.0. The molecule has 0 bridgehead atoms. The van der Waals surface area contributed by atoms with Crippen LogP contribution >= 0.6 is 22.7 Å². The molecule has 4 aromatic rings. The summed E-state index contributed by atoms with van der Waals surface area (Å²) in [5, 5.41) is 32.3. The van der Waals surface area contributed by atoms with Crippen molar-refractivity contribution >= 4 is 58.3 Å². The normalized spacial score (nSPS) is 18.1.